The van der Waals surface area contributed by atoms with E-state index in [9.17, 15) is 9.50 Å². The molecule has 32 heavy (non-hydrogen) atoms. The van der Waals surface area contributed by atoms with Crippen LogP contribution in [-0.4, -0.2) is 47.6 Å². The summed E-state index contributed by atoms with van der Waals surface area (Å²) in [4.78, 5) is 7.79. The van der Waals surface area contributed by atoms with Gasteiger partial charge in [0.25, 0.3) is 0 Å². The van der Waals surface area contributed by atoms with Crippen LogP contribution in [0.3, 0.4) is 0 Å². The average Bonchev–Trinajstić information content (AvgIpc) is 3.29. The van der Waals surface area contributed by atoms with E-state index in [1.54, 1.807) is 12.1 Å². The molecule has 0 amide bonds. The SMILES string of the molecule is O[C@H](COc1ccccc1)CN(Cc1ccc(F)cc1)C[C@@H]1CC(c2ccccc2)=NO1. The largest absolute Gasteiger partial charge is 0.491 e. The highest BCUT2D eigenvalue weighted by Gasteiger charge is 2.26. The number of ether oxygens (including phenoxy) is 1. The Morgan fingerprint density at radius 3 is 2.41 bits per heavy atom. The molecule has 0 radical (unpaired) electrons. The van der Waals surface area contributed by atoms with Crippen LogP contribution >= 0.6 is 0 Å². The van der Waals surface area contributed by atoms with Gasteiger partial charge in [-0.1, -0.05) is 65.8 Å². The monoisotopic (exact) mass is 434 g/mol. The fourth-order valence-corrected chi connectivity index (χ4v) is 3.73. The van der Waals surface area contributed by atoms with Crippen LogP contribution in [0.15, 0.2) is 90.1 Å². The number of hydrogen-bond donors (Lipinski definition) is 1. The third-order valence-corrected chi connectivity index (χ3v) is 5.28. The number of rotatable bonds is 10. The van der Waals surface area contributed by atoms with Crippen LogP contribution < -0.4 is 4.74 Å². The third kappa shape index (κ3) is 6.39. The zero-order valence-electron chi connectivity index (χ0n) is 17.8. The van der Waals surface area contributed by atoms with Crippen molar-refractivity contribution in [3.05, 3.63) is 102 Å². The number of halogens is 1. The van der Waals surface area contributed by atoms with Crippen molar-refractivity contribution < 1.29 is 19.1 Å². The highest BCUT2D eigenvalue weighted by molar-refractivity contribution is 6.01. The molecular formula is C26H27FN2O3. The highest BCUT2D eigenvalue weighted by Crippen LogP contribution is 2.19. The molecule has 1 heterocycles. The second kappa shape index (κ2) is 10.9. The molecule has 0 aliphatic carbocycles. The molecule has 0 saturated heterocycles. The van der Waals surface area contributed by atoms with Crippen LogP contribution in [-0.2, 0) is 11.4 Å². The molecule has 3 aromatic carbocycles. The molecule has 1 aliphatic rings. The number of para-hydroxylation sites is 1. The van der Waals surface area contributed by atoms with Gasteiger partial charge in [0.15, 0.2) is 0 Å². The fraction of sp³-hybridized carbons (Fsp3) is 0.269. The summed E-state index contributed by atoms with van der Waals surface area (Å²) in [5.41, 5.74) is 2.94. The van der Waals surface area contributed by atoms with Gasteiger partial charge in [0.05, 0.1) is 5.71 Å². The first-order valence-electron chi connectivity index (χ1n) is 10.8. The first-order valence-corrected chi connectivity index (χ1v) is 10.8. The Balaban J connectivity index is 1.36. The Kier molecular flexibility index (Phi) is 7.48. The lowest BCUT2D eigenvalue weighted by Gasteiger charge is -2.27. The summed E-state index contributed by atoms with van der Waals surface area (Å²) in [6.45, 7) is 1.72. The maximum Gasteiger partial charge on any atom is 0.145 e. The van der Waals surface area contributed by atoms with Crippen LogP contribution in [0.1, 0.15) is 17.5 Å². The molecule has 2 atom stereocenters. The molecule has 0 bridgehead atoms. The van der Waals surface area contributed by atoms with Gasteiger partial charge in [-0.25, -0.2) is 4.39 Å². The van der Waals surface area contributed by atoms with E-state index in [4.69, 9.17) is 9.57 Å². The Hall–Kier alpha value is -3.22. The van der Waals surface area contributed by atoms with Gasteiger partial charge in [-0.05, 0) is 35.4 Å². The summed E-state index contributed by atoms with van der Waals surface area (Å²) >= 11 is 0. The molecule has 3 aromatic rings. The van der Waals surface area contributed by atoms with Crippen LogP contribution in [0.2, 0.25) is 0 Å². The number of benzene rings is 3. The van der Waals surface area contributed by atoms with E-state index in [-0.39, 0.29) is 18.5 Å². The number of oxime groups is 1. The van der Waals surface area contributed by atoms with Crippen molar-refractivity contribution >= 4 is 5.71 Å². The van der Waals surface area contributed by atoms with Crippen molar-refractivity contribution in [2.24, 2.45) is 5.16 Å². The number of hydrogen-bond acceptors (Lipinski definition) is 5. The molecule has 0 aromatic heterocycles. The minimum absolute atomic E-state index is 0.118. The Morgan fingerprint density at radius 2 is 1.69 bits per heavy atom. The van der Waals surface area contributed by atoms with Gasteiger partial charge >= 0.3 is 0 Å². The van der Waals surface area contributed by atoms with Crippen molar-refractivity contribution in [3.8, 4) is 5.75 Å². The summed E-state index contributed by atoms with van der Waals surface area (Å²) < 4.78 is 19.0. The molecule has 166 valence electrons. The van der Waals surface area contributed by atoms with E-state index in [0.717, 1.165) is 22.6 Å². The van der Waals surface area contributed by atoms with Crippen molar-refractivity contribution in [3.63, 3.8) is 0 Å². The molecule has 0 fully saturated rings. The first kappa shape index (κ1) is 22.0. The van der Waals surface area contributed by atoms with Gasteiger partial charge < -0.3 is 14.7 Å². The number of nitrogens with zero attached hydrogens (tertiary/aromatic N) is 2. The van der Waals surface area contributed by atoms with Crippen molar-refractivity contribution in [2.45, 2.75) is 25.2 Å². The summed E-state index contributed by atoms with van der Waals surface area (Å²) in [6.07, 6.45) is -0.111. The van der Waals surface area contributed by atoms with E-state index >= 15 is 0 Å². The number of aliphatic hydroxyl groups excluding tert-OH is 1. The smallest absolute Gasteiger partial charge is 0.145 e. The Morgan fingerprint density at radius 1 is 1.00 bits per heavy atom. The molecular weight excluding hydrogens is 407 g/mol. The first-order chi connectivity index (χ1) is 15.7. The lowest BCUT2D eigenvalue weighted by molar-refractivity contribution is 0.0213. The zero-order chi connectivity index (χ0) is 22.2. The second-order valence-corrected chi connectivity index (χ2v) is 7.93. The predicted molar refractivity (Wildman–Crippen MR) is 122 cm³/mol. The molecule has 0 saturated carbocycles. The summed E-state index contributed by atoms with van der Waals surface area (Å²) in [5.74, 6) is 0.452. The molecule has 0 spiro atoms. The lowest BCUT2D eigenvalue weighted by Crippen LogP contribution is -2.39. The highest BCUT2D eigenvalue weighted by atomic mass is 19.1. The van der Waals surface area contributed by atoms with Crippen LogP contribution in [0.4, 0.5) is 4.39 Å². The van der Waals surface area contributed by atoms with E-state index in [1.807, 2.05) is 60.7 Å². The third-order valence-electron chi connectivity index (χ3n) is 5.28. The molecule has 0 unspecified atom stereocenters. The van der Waals surface area contributed by atoms with Gasteiger partial charge in [0, 0.05) is 26.1 Å². The zero-order valence-corrected chi connectivity index (χ0v) is 17.8. The van der Waals surface area contributed by atoms with Crippen LogP contribution in [0.25, 0.3) is 0 Å². The topological polar surface area (TPSA) is 54.3 Å². The standard InChI is InChI=1S/C26H27FN2O3/c27-22-13-11-20(12-14-22)16-29(17-23(30)19-31-24-9-5-2-6-10-24)18-25-15-26(28-32-25)21-7-3-1-4-8-21/h1-14,23,25,30H,15-19H2/t23-,25-/m0/s1. The quantitative estimate of drug-likeness (QED) is 0.518. The molecule has 1 aliphatic heterocycles. The number of aliphatic hydroxyl groups is 1. The van der Waals surface area contributed by atoms with Gasteiger partial charge in [-0.2, -0.15) is 0 Å². The van der Waals surface area contributed by atoms with E-state index in [2.05, 4.69) is 10.1 Å². The lowest BCUT2D eigenvalue weighted by atomic mass is 10.0. The normalized spacial score (nSPS) is 16.5. The van der Waals surface area contributed by atoms with Gasteiger partial charge in [0.2, 0.25) is 0 Å². The maximum atomic E-state index is 13.3. The summed E-state index contributed by atoms with van der Waals surface area (Å²) in [7, 11) is 0. The molecule has 5 nitrogen and oxygen atoms in total. The Bertz CT molecular complexity index is 997. The average molecular weight is 435 g/mol. The summed E-state index contributed by atoms with van der Waals surface area (Å²) in [6, 6.07) is 25.8. The predicted octanol–water partition coefficient (Wildman–Crippen LogP) is 4.26. The fourth-order valence-electron chi connectivity index (χ4n) is 3.73. The van der Waals surface area contributed by atoms with Gasteiger partial charge in [0.1, 0.15) is 30.4 Å². The van der Waals surface area contributed by atoms with Crippen molar-refractivity contribution in [1.82, 2.24) is 4.90 Å². The molecule has 4 rings (SSSR count). The van der Waals surface area contributed by atoms with E-state index in [1.165, 1.54) is 12.1 Å². The molecule has 6 heteroatoms. The van der Waals surface area contributed by atoms with E-state index < -0.39 is 6.10 Å². The van der Waals surface area contributed by atoms with Gasteiger partial charge in [-0.3, -0.25) is 4.90 Å². The minimum Gasteiger partial charge on any atom is -0.491 e. The van der Waals surface area contributed by atoms with Crippen molar-refractivity contribution in [1.29, 1.82) is 0 Å². The van der Waals surface area contributed by atoms with Crippen LogP contribution in [0, 0.1) is 5.82 Å². The van der Waals surface area contributed by atoms with E-state index in [0.29, 0.717) is 26.1 Å². The minimum atomic E-state index is -0.688. The van der Waals surface area contributed by atoms with Crippen LogP contribution in [0.5, 0.6) is 5.75 Å². The maximum absolute atomic E-state index is 13.3. The second-order valence-electron chi connectivity index (χ2n) is 7.93. The van der Waals surface area contributed by atoms with Gasteiger partial charge in [-0.15, -0.1) is 0 Å². The van der Waals surface area contributed by atoms with Crippen molar-refractivity contribution in [2.75, 3.05) is 19.7 Å². The molecule has 1 N–H and O–H groups in total. The Labute approximate surface area is 187 Å². The summed E-state index contributed by atoms with van der Waals surface area (Å²) in [5, 5.41) is 14.9.